The fourth-order valence-electron chi connectivity index (χ4n) is 5.29. The van der Waals surface area contributed by atoms with Crippen LogP contribution >= 0.6 is 22.6 Å². The van der Waals surface area contributed by atoms with Crippen molar-refractivity contribution in [2.75, 3.05) is 12.3 Å². The first-order chi connectivity index (χ1) is 17.2. The fraction of sp³-hybridized carbons (Fsp3) is 0.333. The molecule has 7 nitrogen and oxygen atoms in total. The zero-order chi connectivity index (χ0) is 25.5. The first-order valence-corrected chi connectivity index (χ1v) is 15.1. The normalized spacial score (nSPS) is 20.8. The molecular formula is C27H31IN4O3Si. The van der Waals surface area contributed by atoms with Crippen molar-refractivity contribution in [3.8, 4) is 0 Å². The molecule has 0 spiro atoms. The van der Waals surface area contributed by atoms with Crippen LogP contribution in [0.1, 0.15) is 33.4 Å². The maximum atomic E-state index is 11.0. The molecule has 0 bridgehead atoms. The summed E-state index contributed by atoms with van der Waals surface area (Å²) in [6.07, 6.45) is 2.36. The Balaban J connectivity index is 1.46. The molecule has 1 aliphatic rings. The zero-order valence-electron chi connectivity index (χ0n) is 20.6. The lowest BCUT2D eigenvalue weighted by Crippen LogP contribution is -2.67. The molecule has 5 rings (SSSR count). The number of fused-ring (bicyclic) bond motifs is 1. The standard InChI is InChI=1S/C27H31IN4O3Si/c1-27(2,3)36(18-10-6-4-7-11-18,19-12-8-5-9-13-19)34-16-22-21(33)14-23(35-22)32-15-20(28)24-25(29)30-17-31-26(24)32/h4-13,15,17,21-23,33H,14,16H2,1-3H3,(H2,29,30,31)/t21-,22-,23-/m1/s1. The number of hydrogen-bond acceptors (Lipinski definition) is 6. The Kier molecular flexibility index (Phi) is 6.94. The number of benzene rings is 2. The van der Waals surface area contributed by atoms with Crippen LogP contribution in [0.4, 0.5) is 5.82 Å². The van der Waals surface area contributed by atoms with Crippen LogP contribution in [0.5, 0.6) is 0 Å². The lowest BCUT2D eigenvalue weighted by molar-refractivity contribution is -0.0397. The van der Waals surface area contributed by atoms with Crippen molar-refractivity contribution in [3.63, 3.8) is 0 Å². The minimum Gasteiger partial charge on any atom is -0.405 e. The summed E-state index contributed by atoms with van der Waals surface area (Å²) in [5.41, 5.74) is 6.80. The number of hydrogen-bond donors (Lipinski definition) is 2. The van der Waals surface area contributed by atoms with Gasteiger partial charge < -0.3 is 24.6 Å². The largest absolute Gasteiger partial charge is 0.405 e. The molecule has 0 aliphatic carbocycles. The molecule has 36 heavy (non-hydrogen) atoms. The Bertz CT molecular complexity index is 1300. The van der Waals surface area contributed by atoms with E-state index in [9.17, 15) is 5.11 Å². The molecule has 0 saturated carbocycles. The van der Waals surface area contributed by atoms with Gasteiger partial charge in [0.1, 0.15) is 30.1 Å². The quantitative estimate of drug-likeness (QED) is 0.253. The Hall–Kier alpha value is -2.31. The van der Waals surface area contributed by atoms with Crippen LogP contribution in [0.3, 0.4) is 0 Å². The van der Waals surface area contributed by atoms with Crippen molar-refractivity contribution >= 4 is 58.1 Å². The second-order valence-corrected chi connectivity index (χ2v) is 15.7. The number of rotatable bonds is 6. The highest BCUT2D eigenvalue weighted by Gasteiger charge is 2.51. The number of nitrogens with two attached hydrogens (primary N) is 1. The summed E-state index contributed by atoms with van der Waals surface area (Å²) < 4.78 is 16.3. The Labute approximate surface area is 225 Å². The maximum Gasteiger partial charge on any atom is 0.261 e. The second-order valence-electron chi connectivity index (χ2n) is 10.2. The van der Waals surface area contributed by atoms with Crippen molar-refractivity contribution in [2.24, 2.45) is 0 Å². The van der Waals surface area contributed by atoms with Gasteiger partial charge in [-0.25, -0.2) is 9.97 Å². The van der Waals surface area contributed by atoms with Gasteiger partial charge in [0.25, 0.3) is 8.32 Å². The van der Waals surface area contributed by atoms with Gasteiger partial charge in [-0.15, -0.1) is 0 Å². The van der Waals surface area contributed by atoms with E-state index in [4.69, 9.17) is 14.9 Å². The topological polar surface area (TPSA) is 95.4 Å². The highest BCUT2D eigenvalue weighted by molar-refractivity contribution is 14.1. The molecule has 0 unspecified atom stereocenters. The van der Waals surface area contributed by atoms with E-state index in [-0.39, 0.29) is 11.3 Å². The highest BCUT2D eigenvalue weighted by atomic mass is 127. The number of halogens is 1. The molecule has 2 aromatic heterocycles. The first-order valence-electron chi connectivity index (χ1n) is 12.1. The van der Waals surface area contributed by atoms with E-state index in [1.807, 2.05) is 22.9 Å². The van der Waals surface area contributed by atoms with Crippen molar-refractivity contribution in [1.82, 2.24) is 14.5 Å². The number of aromatic nitrogens is 3. The number of aliphatic hydroxyl groups is 1. The molecule has 188 valence electrons. The van der Waals surface area contributed by atoms with Crippen LogP contribution in [0, 0.1) is 3.57 Å². The molecule has 0 radical (unpaired) electrons. The van der Waals surface area contributed by atoms with E-state index in [0.717, 1.165) is 8.96 Å². The van der Waals surface area contributed by atoms with Gasteiger partial charge in [-0.1, -0.05) is 81.4 Å². The number of ether oxygens (including phenoxy) is 1. The van der Waals surface area contributed by atoms with Crippen LogP contribution in [0.25, 0.3) is 11.0 Å². The molecule has 4 aromatic rings. The van der Waals surface area contributed by atoms with Gasteiger partial charge in [0, 0.05) is 16.2 Å². The lowest BCUT2D eigenvalue weighted by atomic mass is 10.2. The summed E-state index contributed by atoms with van der Waals surface area (Å²) in [4.78, 5) is 8.55. The maximum absolute atomic E-state index is 11.0. The summed E-state index contributed by atoms with van der Waals surface area (Å²) >= 11 is 2.23. The smallest absolute Gasteiger partial charge is 0.261 e. The molecule has 2 aromatic carbocycles. The third-order valence-corrected chi connectivity index (χ3v) is 12.8. The average molecular weight is 615 g/mol. The Morgan fingerprint density at radius 3 is 2.28 bits per heavy atom. The zero-order valence-corrected chi connectivity index (χ0v) is 23.8. The van der Waals surface area contributed by atoms with E-state index in [2.05, 4.69) is 102 Å². The van der Waals surface area contributed by atoms with E-state index in [1.165, 1.54) is 16.7 Å². The summed E-state index contributed by atoms with van der Waals surface area (Å²) in [6.45, 7) is 7.02. The molecule has 3 atom stereocenters. The van der Waals surface area contributed by atoms with E-state index in [0.29, 0.717) is 24.5 Å². The van der Waals surface area contributed by atoms with Gasteiger partial charge >= 0.3 is 0 Å². The van der Waals surface area contributed by atoms with Crippen molar-refractivity contribution in [2.45, 2.75) is 50.7 Å². The molecule has 9 heteroatoms. The molecule has 0 amide bonds. The van der Waals surface area contributed by atoms with Gasteiger partial charge in [0.05, 0.1) is 18.1 Å². The van der Waals surface area contributed by atoms with Crippen molar-refractivity contribution < 1.29 is 14.3 Å². The van der Waals surface area contributed by atoms with E-state index in [1.54, 1.807) is 0 Å². The molecular weight excluding hydrogens is 583 g/mol. The van der Waals surface area contributed by atoms with Gasteiger partial charge in [0.15, 0.2) is 0 Å². The predicted octanol–water partition coefficient (Wildman–Crippen LogP) is 3.84. The summed E-state index contributed by atoms with van der Waals surface area (Å²) in [7, 11) is -2.73. The van der Waals surface area contributed by atoms with Gasteiger partial charge in [-0.05, 0) is 38.0 Å². The SMILES string of the molecule is CC(C)(C)[Si](OC[C@H]1O[C@@H](n2cc(I)c3c(N)ncnc32)C[C@H]1O)(c1ccccc1)c1ccccc1. The third-order valence-electron chi connectivity index (χ3n) is 6.99. The number of nitrogen functional groups attached to an aromatic ring is 1. The highest BCUT2D eigenvalue weighted by Crippen LogP contribution is 2.39. The van der Waals surface area contributed by atoms with E-state index >= 15 is 0 Å². The van der Waals surface area contributed by atoms with Crippen LogP contribution in [0.2, 0.25) is 5.04 Å². The van der Waals surface area contributed by atoms with Crippen LogP contribution < -0.4 is 16.1 Å². The average Bonchev–Trinajstić information content (AvgIpc) is 3.40. The predicted molar refractivity (Wildman–Crippen MR) is 153 cm³/mol. The first kappa shape index (κ1) is 25.3. The lowest BCUT2D eigenvalue weighted by Gasteiger charge is -2.43. The fourth-order valence-corrected chi connectivity index (χ4v) is 10.7. The second kappa shape index (κ2) is 9.86. The Morgan fingerprint density at radius 1 is 1.08 bits per heavy atom. The molecule has 1 fully saturated rings. The number of nitrogens with zero attached hydrogens (tertiary/aromatic N) is 3. The molecule has 1 saturated heterocycles. The van der Waals surface area contributed by atoms with Crippen molar-refractivity contribution in [3.05, 3.63) is 76.8 Å². The molecule has 1 aliphatic heterocycles. The third kappa shape index (κ3) is 4.36. The molecule has 3 heterocycles. The number of aliphatic hydroxyl groups excluding tert-OH is 1. The monoisotopic (exact) mass is 614 g/mol. The minimum atomic E-state index is -2.73. The van der Waals surface area contributed by atoms with Crippen molar-refractivity contribution in [1.29, 1.82) is 0 Å². The van der Waals surface area contributed by atoms with E-state index < -0.39 is 20.5 Å². The molecule has 3 N–H and O–H groups in total. The summed E-state index contributed by atoms with van der Waals surface area (Å²) in [6, 6.07) is 21.0. The summed E-state index contributed by atoms with van der Waals surface area (Å²) in [5, 5.41) is 14.1. The van der Waals surface area contributed by atoms with Crippen LogP contribution in [-0.4, -0.2) is 46.8 Å². The summed E-state index contributed by atoms with van der Waals surface area (Å²) in [5.74, 6) is 0.438. The minimum absolute atomic E-state index is 0.153. The van der Waals surface area contributed by atoms with Gasteiger partial charge in [-0.3, -0.25) is 0 Å². The van der Waals surface area contributed by atoms with Gasteiger partial charge in [-0.2, -0.15) is 0 Å². The Morgan fingerprint density at radius 2 is 1.69 bits per heavy atom. The van der Waals surface area contributed by atoms with Crippen LogP contribution in [-0.2, 0) is 9.16 Å². The van der Waals surface area contributed by atoms with Gasteiger partial charge in [0.2, 0.25) is 0 Å². The number of anilines is 1. The van der Waals surface area contributed by atoms with Crippen LogP contribution in [0.15, 0.2) is 73.2 Å².